The Labute approximate surface area is 190 Å². The monoisotopic (exact) mass is 445 g/mol. The number of aliphatic hydroxyl groups is 1. The van der Waals surface area contributed by atoms with Crippen LogP contribution in [0, 0.1) is 0 Å². The quantitative estimate of drug-likeness (QED) is 0.318. The number of anilines is 1. The molecule has 168 valence electrons. The van der Waals surface area contributed by atoms with Gasteiger partial charge in [0.15, 0.2) is 0 Å². The van der Waals surface area contributed by atoms with E-state index in [0.717, 1.165) is 15.7 Å². The van der Waals surface area contributed by atoms with Crippen molar-refractivity contribution in [3.8, 4) is 5.75 Å². The van der Waals surface area contributed by atoms with Crippen LogP contribution in [0.5, 0.6) is 5.75 Å². The fraction of sp³-hybridized carbons (Fsp3) is 0.192. The summed E-state index contributed by atoms with van der Waals surface area (Å²) in [5.41, 5.74) is 0.911. The number of imide groups is 1. The molecule has 33 heavy (non-hydrogen) atoms. The molecule has 0 aliphatic carbocycles. The second-order valence-corrected chi connectivity index (χ2v) is 7.63. The molecule has 3 aromatic carbocycles. The van der Waals surface area contributed by atoms with Crippen molar-refractivity contribution in [2.24, 2.45) is 0 Å². The number of benzene rings is 3. The van der Waals surface area contributed by atoms with Gasteiger partial charge in [-0.25, -0.2) is 9.69 Å². The van der Waals surface area contributed by atoms with Crippen LogP contribution in [0.25, 0.3) is 10.8 Å². The van der Waals surface area contributed by atoms with Crippen molar-refractivity contribution in [2.45, 2.75) is 19.4 Å². The molecule has 0 aromatic heterocycles. The summed E-state index contributed by atoms with van der Waals surface area (Å²) in [4.78, 5) is 39.5. The number of hydrogen-bond donors (Lipinski definition) is 1. The number of esters is 1. The van der Waals surface area contributed by atoms with E-state index >= 15 is 0 Å². The highest BCUT2D eigenvalue weighted by molar-refractivity contribution is 6.35. The van der Waals surface area contributed by atoms with E-state index in [-0.39, 0.29) is 23.3 Å². The summed E-state index contributed by atoms with van der Waals surface area (Å²) < 4.78 is 10.8. The Balaban J connectivity index is 1.62. The average Bonchev–Trinajstić information content (AvgIpc) is 3.09. The van der Waals surface area contributed by atoms with Crippen LogP contribution in [0.4, 0.5) is 5.69 Å². The third-order valence-electron chi connectivity index (χ3n) is 5.44. The van der Waals surface area contributed by atoms with Gasteiger partial charge < -0.3 is 14.6 Å². The summed E-state index contributed by atoms with van der Waals surface area (Å²) in [5, 5.41) is 11.2. The Morgan fingerprint density at radius 3 is 2.64 bits per heavy atom. The molecule has 0 saturated carbocycles. The van der Waals surface area contributed by atoms with E-state index in [4.69, 9.17) is 9.47 Å². The highest BCUT2D eigenvalue weighted by Gasteiger charge is 2.37. The normalized spacial score (nSPS) is 13.7. The summed E-state index contributed by atoms with van der Waals surface area (Å²) in [6.07, 6.45) is 1.35. The minimum atomic E-state index is -0.752. The topological polar surface area (TPSA) is 93.1 Å². The zero-order valence-electron chi connectivity index (χ0n) is 18.1. The summed E-state index contributed by atoms with van der Waals surface area (Å²) in [5.74, 6) is -0.967. The highest BCUT2D eigenvalue weighted by atomic mass is 16.5. The second kappa shape index (κ2) is 9.26. The van der Waals surface area contributed by atoms with Gasteiger partial charge in [-0.1, -0.05) is 31.7 Å². The van der Waals surface area contributed by atoms with Crippen molar-refractivity contribution in [3.63, 3.8) is 0 Å². The van der Waals surface area contributed by atoms with E-state index in [1.54, 1.807) is 31.2 Å². The zero-order chi connectivity index (χ0) is 23.5. The number of fused-ring (bicyclic) bond motifs is 2. The average molecular weight is 445 g/mol. The number of ether oxygens (including phenoxy) is 2. The summed E-state index contributed by atoms with van der Waals surface area (Å²) in [6, 6.07) is 15.0. The van der Waals surface area contributed by atoms with Gasteiger partial charge in [-0.3, -0.25) is 9.59 Å². The summed E-state index contributed by atoms with van der Waals surface area (Å²) in [6.45, 7) is 5.65. The molecule has 1 heterocycles. The van der Waals surface area contributed by atoms with E-state index in [9.17, 15) is 19.5 Å². The maximum Gasteiger partial charge on any atom is 0.338 e. The zero-order valence-corrected chi connectivity index (χ0v) is 18.1. The molecule has 1 atom stereocenters. The van der Waals surface area contributed by atoms with Crippen LogP contribution in [-0.4, -0.2) is 42.2 Å². The molecule has 0 spiro atoms. The summed E-state index contributed by atoms with van der Waals surface area (Å²) in [7, 11) is 0. The van der Waals surface area contributed by atoms with Crippen LogP contribution in [0.1, 0.15) is 44.4 Å². The number of rotatable bonds is 8. The number of carbonyl (C=O) groups excluding carboxylic acids is 3. The van der Waals surface area contributed by atoms with E-state index in [0.29, 0.717) is 24.5 Å². The van der Waals surface area contributed by atoms with Gasteiger partial charge in [-0.2, -0.15) is 0 Å². The van der Waals surface area contributed by atoms with E-state index in [2.05, 4.69) is 6.58 Å². The first-order valence-electron chi connectivity index (χ1n) is 10.6. The molecule has 3 aromatic rings. The predicted molar refractivity (Wildman–Crippen MR) is 124 cm³/mol. The highest BCUT2D eigenvalue weighted by Crippen LogP contribution is 2.33. The Morgan fingerprint density at radius 2 is 1.88 bits per heavy atom. The van der Waals surface area contributed by atoms with Gasteiger partial charge in [0, 0.05) is 5.39 Å². The first-order chi connectivity index (χ1) is 15.9. The molecule has 1 unspecified atom stereocenters. The van der Waals surface area contributed by atoms with Crippen LogP contribution < -0.4 is 9.64 Å². The third kappa shape index (κ3) is 4.23. The van der Waals surface area contributed by atoms with Crippen LogP contribution in [0.3, 0.4) is 0 Å². The molecule has 0 saturated heterocycles. The van der Waals surface area contributed by atoms with Gasteiger partial charge in [0.2, 0.25) is 0 Å². The Kier molecular flexibility index (Phi) is 6.24. The number of carbonyl (C=O) groups is 3. The van der Waals surface area contributed by atoms with Crippen molar-refractivity contribution in [1.82, 2.24) is 0 Å². The largest absolute Gasteiger partial charge is 0.489 e. The van der Waals surface area contributed by atoms with Gasteiger partial charge >= 0.3 is 5.97 Å². The fourth-order valence-electron chi connectivity index (χ4n) is 3.63. The van der Waals surface area contributed by atoms with Crippen LogP contribution in [-0.2, 0) is 4.74 Å². The number of aliphatic hydroxyl groups excluding tert-OH is 1. The first-order valence-corrected chi connectivity index (χ1v) is 10.6. The lowest BCUT2D eigenvalue weighted by atomic mass is 10.1. The summed E-state index contributed by atoms with van der Waals surface area (Å²) >= 11 is 0. The predicted octanol–water partition coefficient (Wildman–Crippen LogP) is 4.13. The molecule has 7 heteroatoms. The molecule has 0 radical (unpaired) electrons. The molecule has 2 amide bonds. The Bertz CT molecular complexity index is 1260. The maximum absolute atomic E-state index is 13.1. The Hall–Kier alpha value is -3.97. The lowest BCUT2D eigenvalue weighted by molar-refractivity contribution is 0.0250. The number of hydrogen-bond acceptors (Lipinski definition) is 6. The number of amides is 2. The van der Waals surface area contributed by atoms with Gasteiger partial charge in [0.05, 0.1) is 28.5 Å². The van der Waals surface area contributed by atoms with E-state index < -0.39 is 23.9 Å². The van der Waals surface area contributed by atoms with E-state index in [1.807, 2.05) is 18.2 Å². The molecule has 4 rings (SSSR count). The molecule has 0 fully saturated rings. The molecule has 0 bridgehead atoms. The van der Waals surface area contributed by atoms with Crippen LogP contribution in [0.2, 0.25) is 0 Å². The first kappa shape index (κ1) is 22.2. The lowest BCUT2D eigenvalue weighted by Crippen LogP contribution is -2.29. The van der Waals surface area contributed by atoms with Crippen molar-refractivity contribution >= 4 is 34.2 Å². The van der Waals surface area contributed by atoms with Gasteiger partial charge in [0.1, 0.15) is 19.0 Å². The number of nitrogens with zero attached hydrogens (tertiary/aromatic N) is 1. The van der Waals surface area contributed by atoms with E-state index in [1.165, 1.54) is 18.2 Å². The van der Waals surface area contributed by atoms with Crippen molar-refractivity contribution in [3.05, 3.63) is 83.9 Å². The standard InChI is InChI=1S/C26H23NO6/c1-3-12-32-23-7-5-6-16-13-18(9-11-20(16)23)27-24(29)21-10-8-17(14-22(21)25(27)30)26(31)33-15-19(28)4-2/h3,5-11,13-14,19,28H,1,4,12,15H2,2H3. The van der Waals surface area contributed by atoms with Crippen LogP contribution >= 0.6 is 0 Å². The van der Waals surface area contributed by atoms with Crippen molar-refractivity contribution in [2.75, 3.05) is 18.1 Å². The lowest BCUT2D eigenvalue weighted by Gasteiger charge is -2.15. The molecular formula is C26H23NO6. The smallest absolute Gasteiger partial charge is 0.338 e. The Morgan fingerprint density at radius 1 is 1.09 bits per heavy atom. The third-order valence-corrected chi connectivity index (χ3v) is 5.44. The van der Waals surface area contributed by atoms with Crippen molar-refractivity contribution in [1.29, 1.82) is 0 Å². The van der Waals surface area contributed by atoms with Crippen molar-refractivity contribution < 1.29 is 29.0 Å². The molecule has 7 nitrogen and oxygen atoms in total. The minimum Gasteiger partial charge on any atom is -0.489 e. The van der Waals surface area contributed by atoms with Gasteiger partial charge in [-0.15, -0.1) is 0 Å². The molecule has 1 N–H and O–H groups in total. The molecule has 1 aliphatic rings. The minimum absolute atomic E-state index is 0.133. The van der Waals surface area contributed by atoms with Gasteiger partial charge in [0.25, 0.3) is 11.8 Å². The molecule has 1 aliphatic heterocycles. The maximum atomic E-state index is 13.1. The van der Waals surface area contributed by atoms with Crippen LogP contribution in [0.15, 0.2) is 67.3 Å². The second-order valence-electron chi connectivity index (χ2n) is 7.63. The molecular weight excluding hydrogens is 422 g/mol. The fourth-order valence-corrected chi connectivity index (χ4v) is 3.63. The SMILES string of the molecule is C=CCOc1cccc2cc(N3C(=O)c4ccc(C(=O)OCC(O)CC)cc4C3=O)ccc12. The van der Waals surface area contributed by atoms with Gasteiger partial charge in [-0.05, 0) is 54.3 Å².